The number of nitrogens with one attached hydrogen (secondary N) is 1. The van der Waals surface area contributed by atoms with Gasteiger partial charge in [0, 0.05) is 11.7 Å². The van der Waals surface area contributed by atoms with Crippen LogP contribution >= 0.6 is 11.8 Å². The van der Waals surface area contributed by atoms with Crippen molar-refractivity contribution >= 4 is 29.4 Å². The van der Waals surface area contributed by atoms with Gasteiger partial charge in [-0.2, -0.15) is 0 Å². The number of thioether (sulfide) groups is 1. The Hall–Kier alpha value is -1.63. The molecule has 7 heteroatoms. The predicted octanol–water partition coefficient (Wildman–Crippen LogP) is 2.25. The second-order valence-corrected chi connectivity index (χ2v) is 6.66. The molecule has 0 aromatic carbocycles. The summed E-state index contributed by atoms with van der Waals surface area (Å²) in [4.78, 5) is 30.4. The molecule has 0 spiro atoms. The molecule has 1 aliphatic carbocycles. The fraction of sp³-hybridized carbons (Fsp3) is 0.533. The fourth-order valence-corrected chi connectivity index (χ4v) is 4.11. The summed E-state index contributed by atoms with van der Waals surface area (Å²) in [5.74, 6) is 0.905. The van der Waals surface area contributed by atoms with Gasteiger partial charge < -0.3 is 10.2 Å². The van der Waals surface area contributed by atoms with E-state index in [1.54, 1.807) is 16.7 Å². The fourth-order valence-electron chi connectivity index (χ4n) is 2.94. The number of carbonyl (C=O) groups excluding carboxylic acids is 2. The zero-order chi connectivity index (χ0) is 15.5. The molecular weight excluding hydrogens is 305 g/mol. The van der Waals surface area contributed by atoms with E-state index in [4.69, 9.17) is 0 Å². The van der Waals surface area contributed by atoms with Crippen LogP contribution in [0, 0.1) is 11.7 Å². The van der Waals surface area contributed by atoms with Gasteiger partial charge in [-0.1, -0.05) is 12.8 Å². The van der Waals surface area contributed by atoms with Gasteiger partial charge in [0.1, 0.15) is 17.7 Å². The summed E-state index contributed by atoms with van der Waals surface area (Å²) >= 11 is 1.58. The second-order valence-electron chi connectivity index (χ2n) is 5.66. The molecule has 118 valence electrons. The van der Waals surface area contributed by atoms with E-state index in [9.17, 15) is 14.0 Å². The van der Waals surface area contributed by atoms with E-state index in [0.29, 0.717) is 17.4 Å². The van der Waals surface area contributed by atoms with Crippen LogP contribution in [0.3, 0.4) is 0 Å². The molecule has 1 N–H and O–H groups in total. The minimum Gasteiger partial charge on any atom is -0.320 e. The third-order valence-electron chi connectivity index (χ3n) is 4.15. The van der Waals surface area contributed by atoms with E-state index in [-0.39, 0.29) is 17.7 Å². The summed E-state index contributed by atoms with van der Waals surface area (Å²) in [6, 6.07) is 2.19. The van der Waals surface area contributed by atoms with Gasteiger partial charge in [-0.3, -0.25) is 9.59 Å². The average molecular weight is 323 g/mol. The largest absolute Gasteiger partial charge is 0.320 e. The molecule has 5 nitrogen and oxygen atoms in total. The van der Waals surface area contributed by atoms with Crippen molar-refractivity contribution in [2.75, 3.05) is 16.9 Å². The van der Waals surface area contributed by atoms with E-state index in [2.05, 4.69) is 10.3 Å². The van der Waals surface area contributed by atoms with Crippen LogP contribution in [0.4, 0.5) is 10.2 Å². The maximum atomic E-state index is 12.8. The predicted molar refractivity (Wildman–Crippen MR) is 82.7 cm³/mol. The molecule has 0 bridgehead atoms. The maximum absolute atomic E-state index is 12.8. The van der Waals surface area contributed by atoms with Crippen LogP contribution in [0.25, 0.3) is 0 Å². The first-order valence-electron chi connectivity index (χ1n) is 7.46. The maximum Gasteiger partial charge on any atom is 0.249 e. The van der Waals surface area contributed by atoms with Gasteiger partial charge >= 0.3 is 0 Å². The highest BCUT2D eigenvalue weighted by atomic mass is 32.2. The third-order valence-corrected chi connectivity index (χ3v) is 5.16. The third kappa shape index (κ3) is 3.24. The number of anilines is 1. The Labute approximate surface area is 132 Å². The number of halogens is 1. The summed E-state index contributed by atoms with van der Waals surface area (Å²) < 4.78 is 12.8. The van der Waals surface area contributed by atoms with Crippen molar-refractivity contribution in [3.05, 3.63) is 24.1 Å². The van der Waals surface area contributed by atoms with Crippen LogP contribution < -0.4 is 5.32 Å². The minimum atomic E-state index is -0.468. The monoisotopic (exact) mass is 323 g/mol. The van der Waals surface area contributed by atoms with Crippen LogP contribution in [0.2, 0.25) is 0 Å². The zero-order valence-electron chi connectivity index (χ0n) is 12.1. The summed E-state index contributed by atoms with van der Waals surface area (Å²) in [5, 5.41) is 2.66. The first-order chi connectivity index (χ1) is 10.6. The number of carbonyl (C=O) groups is 2. The van der Waals surface area contributed by atoms with Gasteiger partial charge in [0.15, 0.2) is 0 Å². The molecule has 1 aromatic heterocycles. The molecule has 2 fully saturated rings. The second kappa shape index (κ2) is 6.64. The molecule has 3 rings (SSSR count). The zero-order valence-corrected chi connectivity index (χ0v) is 12.9. The molecule has 2 aliphatic rings. The Balaban J connectivity index is 1.65. The van der Waals surface area contributed by atoms with E-state index < -0.39 is 11.9 Å². The number of pyridine rings is 1. The first-order valence-corrected chi connectivity index (χ1v) is 8.61. The molecule has 1 atom stereocenters. The topological polar surface area (TPSA) is 62.3 Å². The summed E-state index contributed by atoms with van der Waals surface area (Å²) in [6.07, 6.45) is 5.09. The molecule has 2 amide bonds. The van der Waals surface area contributed by atoms with Crippen molar-refractivity contribution in [2.24, 2.45) is 5.92 Å². The summed E-state index contributed by atoms with van der Waals surface area (Å²) in [6.45, 7) is 0. The van der Waals surface area contributed by atoms with E-state index >= 15 is 0 Å². The van der Waals surface area contributed by atoms with Crippen LogP contribution in [0.15, 0.2) is 18.3 Å². The van der Waals surface area contributed by atoms with E-state index in [1.165, 1.54) is 12.1 Å². The lowest BCUT2D eigenvalue weighted by Crippen LogP contribution is -2.46. The Morgan fingerprint density at radius 1 is 1.32 bits per heavy atom. The smallest absolute Gasteiger partial charge is 0.249 e. The van der Waals surface area contributed by atoms with Crippen LogP contribution in [0.1, 0.15) is 25.7 Å². The van der Waals surface area contributed by atoms with Gasteiger partial charge in [0.2, 0.25) is 11.8 Å². The molecule has 1 aromatic rings. The Bertz CT molecular complexity index is 560. The molecular formula is C15H18FN3O2S. The molecule has 0 radical (unpaired) electrons. The van der Waals surface area contributed by atoms with Gasteiger partial charge in [0.05, 0.1) is 12.1 Å². The molecule has 22 heavy (non-hydrogen) atoms. The van der Waals surface area contributed by atoms with Crippen molar-refractivity contribution < 1.29 is 14.0 Å². The molecule has 1 saturated carbocycles. The molecule has 1 saturated heterocycles. The number of hydrogen-bond acceptors (Lipinski definition) is 4. The van der Waals surface area contributed by atoms with Crippen LogP contribution in [-0.4, -0.2) is 39.4 Å². The van der Waals surface area contributed by atoms with Crippen molar-refractivity contribution in [1.29, 1.82) is 0 Å². The quantitative estimate of drug-likeness (QED) is 0.927. The lowest BCUT2D eigenvalue weighted by molar-refractivity contribution is -0.139. The van der Waals surface area contributed by atoms with Gasteiger partial charge in [0.25, 0.3) is 0 Å². The SMILES string of the molecule is O=C(Nc1ccc(F)cn1)C1CSCN1C(=O)C1CCCC1. The number of rotatable bonds is 3. The Kier molecular flexibility index (Phi) is 4.61. The summed E-state index contributed by atoms with van der Waals surface area (Å²) in [7, 11) is 0. The van der Waals surface area contributed by atoms with E-state index in [0.717, 1.165) is 31.9 Å². The van der Waals surface area contributed by atoms with Gasteiger partial charge in [-0.05, 0) is 25.0 Å². The van der Waals surface area contributed by atoms with Crippen molar-refractivity contribution in [2.45, 2.75) is 31.7 Å². The highest BCUT2D eigenvalue weighted by molar-refractivity contribution is 7.99. The molecule has 1 unspecified atom stereocenters. The van der Waals surface area contributed by atoms with Crippen molar-refractivity contribution in [3.63, 3.8) is 0 Å². The van der Waals surface area contributed by atoms with Gasteiger partial charge in [-0.25, -0.2) is 9.37 Å². The van der Waals surface area contributed by atoms with Crippen molar-refractivity contribution in [1.82, 2.24) is 9.88 Å². The standard InChI is InChI=1S/C15H18FN3O2S/c16-11-5-6-13(17-7-11)18-14(20)12-8-22-9-19(12)15(21)10-3-1-2-4-10/h5-7,10,12H,1-4,8-9H2,(H,17,18,20). The normalized spacial score (nSPS) is 22.0. The molecule has 2 heterocycles. The van der Waals surface area contributed by atoms with Gasteiger partial charge in [-0.15, -0.1) is 11.8 Å². The highest BCUT2D eigenvalue weighted by Crippen LogP contribution is 2.31. The van der Waals surface area contributed by atoms with E-state index in [1.807, 2.05) is 0 Å². The highest BCUT2D eigenvalue weighted by Gasteiger charge is 2.38. The number of aromatic nitrogens is 1. The van der Waals surface area contributed by atoms with Crippen molar-refractivity contribution in [3.8, 4) is 0 Å². The van der Waals surface area contributed by atoms with Crippen LogP contribution in [0.5, 0.6) is 0 Å². The average Bonchev–Trinajstić information content (AvgIpc) is 3.20. The number of nitrogens with zero attached hydrogens (tertiary/aromatic N) is 2. The molecule has 1 aliphatic heterocycles. The van der Waals surface area contributed by atoms with Crippen LogP contribution in [-0.2, 0) is 9.59 Å². The summed E-state index contributed by atoms with van der Waals surface area (Å²) in [5.41, 5.74) is 0. The number of hydrogen-bond donors (Lipinski definition) is 1. The Morgan fingerprint density at radius 3 is 2.77 bits per heavy atom. The number of amides is 2. The first kappa shape index (κ1) is 15.3. The Morgan fingerprint density at radius 2 is 2.09 bits per heavy atom. The lowest BCUT2D eigenvalue weighted by atomic mass is 10.1. The minimum absolute atomic E-state index is 0.0675. The lowest BCUT2D eigenvalue weighted by Gasteiger charge is -2.25.